The largest absolute Gasteiger partial charge is 0.507 e. The lowest BCUT2D eigenvalue weighted by atomic mass is 10.1. The standard InChI is InChI=1S/C13H17IN2O4/c1-3-15-13(20)11(7(2)17)16-12(19)9-5-4-8(14)6-10(9)18/h4-7,11,17-18H,3H2,1-2H3,(H,15,20)(H,16,19)/t7-,11+/m0/s1. The Morgan fingerprint density at radius 2 is 2.05 bits per heavy atom. The SMILES string of the molecule is CCNC(=O)[C@H](NC(=O)c1ccc(I)cc1O)[C@H](C)O. The van der Waals surface area contributed by atoms with Crippen molar-refractivity contribution in [1.29, 1.82) is 0 Å². The molecule has 0 aliphatic rings. The predicted molar refractivity (Wildman–Crippen MR) is 82.4 cm³/mol. The fraction of sp³-hybridized carbons (Fsp3) is 0.385. The van der Waals surface area contributed by atoms with Gasteiger partial charge in [-0.3, -0.25) is 9.59 Å². The van der Waals surface area contributed by atoms with Gasteiger partial charge in [-0.05, 0) is 54.6 Å². The molecule has 6 nitrogen and oxygen atoms in total. The van der Waals surface area contributed by atoms with Gasteiger partial charge < -0.3 is 20.8 Å². The first kappa shape index (κ1) is 16.7. The highest BCUT2D eigenvalue weighted by atomic mass is 127. The van der Waals surface area contributed by atoms with E-state index in [1.54, 1.807) is 13.0 Å². The number of halogens is 1. The van der Waals surface area contributed by atoms with Gasteiger partial charge in [-0.1, -0.05) is 0 Å². The van der Waals surface area contributed by atoms with Crippen molar-refractivity contribution in [3.05, 3.63) is 27.3 Å². The molecule has 0 unspecified atom stereocenters. The molecule has 1 rings (SSSR count). The normalized spacial score (nSPS) is 13.4. The van der Waals surface area contributed by atoms with Crippen molar-refractivity contribution in [2.75, 3.05) is 6.54 Å². The predicted octanol–water partition coefficient (Wildman–Crippen LogP) is 0.612. The van der Waals surface area contributed by atoms with E-state index in [4.69, 9.17) is 0 Å². The summed E-state index contributed by atoms with van der Waals surface area (Å²) in [5, 5.41) is 24.3. The van der Waals surface area contributed by atoms with Crippen molar-refractivity contribution in [2.24, 2.45) is 0 Å². The molecule has 0 aliphatic heterocycles. The summed E-state index contributed by atoms with van der Waals surface area (Å²) >= 11 is 2.01. The number of phenols is 1. The number of benzene rings is 1. The number of rotatable bonds is 5. The molecule has 0 saturated carbocycles. The molecule has 0 fully saturated rings. The van der Waals surface area contributed by atoms with E-state index in [0.29, 0.717) is 6.54 Å². The van der Waals surface area contributed by atoms with Crippen LogP contribution in [-0.2, 0) is 4.79 Å². The molecule has 0 bridgehead atoms. The van der Waals surface area contributed by atoms with E-state index in [1.807, 2.05) is 22.6 Å². The third-order valence-electron chi connectivity index (χ3n) is 2.61. The number of aliphatic hydroxyl groups excluding tert-OH is 1. The van der Waals surface area contributed by atoms with Gasteiger partial charge in [0.1, 0.15) is 11.8 Å². The molecule has 110 valence electrons. The number of phenolic OH excluding ortho intramolecular Hbond substituents is 1. The number of hydrogen-bond acceptors (Lipinski definition) is 4. The van der Waals surface area contributed by atoms with Crippen molar-refractivity contribution < 1.29 is 19.8 Å². The molecule has 0 aliphatic carbocycles. The lowest BCUT2D eigenvalue weighted by Gasteiger charge is -2.20. The van der Waals surface area contributed by atoms with Crippen LogP contribution in [-0.4, -0.2) is 40.7 Å². The van der Waals surface area contributed by atoms with E-state index in [2.05, 4.69) is 10.6 Å². The topological polar surface area (TPSA) is 98.7 Å². The minimum Gasteiger partial charge on any atom is -0.507 e. The third-order valence-corrected chi connectivity index (χ3v) is 3.28. The maximum atomic E-state index is 12.0. The van der Waals surface area contributed by atoms with Crippen LogP contribution in [0.5, 0.6) is 5.75 Å². The second-order valence-corrected chi connectivity index (χ2v) is 5.49. The number of amides is 2. The minimum atomic E-state index is -1.07. The molecule has 4 N–H and O–H groups in total. The van der Waals surface area contributed by atoms with Gasteiger partial charge in [-0.15, -0.1) is 0 Å². The van der Waals surface area contributed by atoms with Gasteiger partial charge in [0.25, 0.3) is 5.91 Å². The van der Waals surface area contributed by atoms with Crippen LogP contribution in [0.2, 0.25) is 0 Å². The Hall–Kier alpha value is -1.35. The summed E-state index contributed by atoms with van der Waals surface area (Å²) in [5.74, 6) is -1.26. The van der Waals surface area contributed by atoms with Gasteiger partial charge in [0.15, 0.2) is 0 Å². The Morgan fingerprint density at radius 1 is 1.40 bits per heavy atom. The Morgan fingerprint density at radius 3 is 2.55 bits per heavy atom. The van der Waals surface area contributed by atoms with Crippen LogP contribution in [0.4, 0.5) is 0 Å². The van der Waals surface area contributed by atoms with Crippen LogP contribution in [0.3, 0.4) is 0 Å². The number of carbonyl (C=O) groups is 2. The molecule has 0 radical (unpaired) electrons. The summed E-state index contributed by atoms with van der Waals surface area (Å²) < 4.78 is 0.785. The van der Waals surface area contributed by atoms with Crippen LogP contribution in [0.25, 0.3) is 0 Å². The first-order chi connectivity index (χ1) is 9.36. The van der Waals surface area contributed by atoms with E-state index < -0.39 is 24.0 Å². The molecule has 2 atom stereocenters. The molecule has 20 heavy (non-hydrogen) atoms. The average Bonchev–Trinajstić information content (AvgIpc) is 2.35. The van der Waals surface area contributed by atoms with Gasteiger partial charge >= 0.3 is 0 Å². The maximum Gasteiger partial charge on any atom is 0.255 e. The summed E-state index contributed by atoms with van der Waals surface area (Å²) in [6.07, 6.45) is -1.04. The Balaban J connectivity index is 2.88. The molecule has 7 heteroatoms. The van der Waals surface area contributed by atoms with Gasteiger partial charge in [0.05, 0.1) is 11.7 Å². The van der Waals surface area contributed by atoms with Crippen molar-refractivity contribution in [3.8, 4) is 5.75 Å². The second kappa shape index (κ2) is 7.44. The number of likely N-dealkylation sites (N-methyl/N-ethyl adjacent to an activating group) is 1. The monoisotopic (exact) mass is 392 g/mol. The first-order valence-corrected chi connectivity index (χ1v) is 7.19. The van der Waals surface area contributed by atoms with Crippen LogP contribution in [0.1, 0.15) is 24.2 Å². The number of nitrogens with one attached hydrogen (secondary N) is 2. The van der Waals surface area contributed by atoms with Crippen LogP contribution >= 0.6 is 22.6 Å². The number of aromatic hydroxyl groups is 1. The van der Waals surface area contributed by atoms with Crippen molar-refractivity contribution >= 4 is 34.4 Å². The van der Waals surface area contributed by atoms with E-state index in [-0.39, 0.29) is 11.3 Å². The fourth-order valence-corrected chi connectivity index (χ4v) is 2.08. The number of hydrogen-bond donors (Lipinski definition) is 4. The smallest absolute Gasteiger partial charge is 0.255 e. The van der Waals surface area contributed by atoms with Gasteiger partial charge in [-0.2, -0.15) is 0 Å². The molecule has 2 amide bonds. The van der Waals surface area contributed by atoms with Gasteiger partial charge in [-0.25, -0.2) is 0 Å². The molecule has 0 heterocycles. The summed E-state index contributed by atoms with van der Waals surface area (Å²) in [5.41, 5.74) is 0.0559. The average molecular weight is 392 g/mol. The third kappa shape index (κ3) is 4.34. The van der Waals surface area contributed by atoms with E-state index in [9.17, 15) is 19.8 Å². The molecular weight excluding hydrogens is 375 g/mol. The zero-order chi connectivity index (χ0) is 15.3. The molecular formula is C13H17IN2O4. The van der Waals surface area contributed by atoms with Gasteiger partial charge in [0, 0.05) is 10.1 Å². The highest BCUT2D eigenvalue weighted by Gasteiger charge is 2.26. The Labute approximate surface area is 130 Å². The van der Waals surface area contributed by atoms with E-state index in [1.165, 1.54) is 19.1 Å². The molecule has 0 aromatic heterocycles. The molecule has 0 saturated heterocycles. The van der Waals surface area contributed by atoms with Crippen molar-refractivity contribution in [2.45, 2.75) is 26.0 Å². The zero-order valence-electron chi connectivity index (χ0n) is 11.2. The van der Waals surface area contributed by atoms with E-state index >= 15 is 0 Å². The number of aliphatic hydroxyl groups is 1. The number of carbonyl (C=O) groups excluding carboxylic acids is 2. The molecule has 1 aromatic rings. The highest BCUT2D eigenvalue weighted by Crippen LogP contribution is 2.20. The zero-order valence-corrected chi connectivity index (χ0v) is 13.3. The summed E-state index contributed by atoms with van der Waals surface area (Å²) in [4.78, 5) is 23.8. The summed E-state index contributed by atoms with van der Waals surface area (Å²) in [6.45, 7) is 3.55. The van der Waals surface area contributed by atoms with Gasteiger partial charge in [0.2, 0.25) is 5.91 Å². The highest BCUT2D eigenvalue weighted by molar-refractivity contribution is 14.1. The lowest BCUT2D eigenvalue weighted by molar-refractivity contribution is -0.125. The summed E-state index contributed by atoms with van der Waals surface area (Å²) in [6, 6.07) is 3.50. The summed E-state index contributed by atoms with van der Waals surface area (Å²) in [7, 11) is 0. The Bertz CT molecular complexity index is 505. The maximum absolute atomic E-state index is 12.0. The van der Waals surface area contributed by atoms with Crippen LogP contribution in [0, 0.1) is 3.57 Å². The lowest BCUT2D eigenvalue weighted by Crippen LogP contribution is -2.52. The Kier molecular flexibility index (Phi) is 6.21. The molecule has 0 spiro atoms. The fourth-order valence-electron chi connectivity index (χ4n) is 1.61. The minimum absolute atomic E-state index is 0.0559. The van der Waals surface area contributed by atoms with Crippen LogP contribution < -0.4 is 10.6 Å². The second-order valence-electron chi connectivity index (χ2n) is 4.25. The van der Waals surface area contributed by atoms with Crippen molar-refractivity contribution in [3.63, 3.8) is 0 Å². The van der Waals surface area contributed by atoms with E-state index in [0.717, 1.165) is 3.57 Å². The molecule has 1 aromatic carbocycles. The van der Waals surface area contributed by atoms with Crippen LogP contribution in [0.15, 0.2) is 18.2 Å². The van der Waals surface area contributed by atoms with Crippen molar-refractivity contribution in [1.82, 2.24) is 10.6 Å². The quantitative estimate of drug-likeness (QED) is 0.552. The first-order valence-electron chi connectivity index (χ1n) is 6.12.